The lowest BCUT2D eigenvalue weighted by atomic mass is 10.1. The van der Waals surface area contributed by atoms with Gasteiger partial charge in [0, 0.05) is 56.4 Å². The summed E-state index contributed by atoms with van der Waals surface area (Å²) >= 11 is 1.54. The van der Waals surface area contributed by atoms with Crippen LogP contribution in [0, 0.1) is 5.41 Å². The van der Waals surface area contributed by atoms with Gasteiger partial charge in [-0.3, -0.25) is 15.0 Å². The number of nitrogens with one attached hydrogen (secondary N) is 1. The molecule has 1 aliphatic rings. The van der Waals surface area contributed by atoms with Crippen LogP contribution in [0.1, 0.15) is 11.8 Å². The van der Waals surface area contributed by atoms with Crippen molar-refractivity contribution >= 4 is 49.3 Å². The number of amidine groups is 1. The van der Waals surface area contributed by atoms with Crippen LogP contribution in [0.25, 0.3) is 21.8 Å². The maximum Gasteiger partial charge on any atom is 0.260 e. The molecule has 1 aliphatic heterocycles. The van der Waals surface area contributed by atoms with Crippen molar-refractivity contribution in [2.75, 3.05) is 39.0 Å². The van der Waals surface area contributed by atoms with Crippen molar-refractivity contribution in [1.29, 1.82) is 5.41 Å². The molecule has 2 amide bonds. The van der Waals surface area contributed by atoms with Gasteiger partial charge in [-0.1, -0.05) is 12.1 Å². The van der Waals surface area contributed by atoms with Gasteiger partial charge in [0.15, 0.2) is 17.8 Å². The molecule has 3 aromatic rings. The van der Waals surface area contributed by atoms with Crippen LogP contribution >= 0.6 is 31.6 Å². The Morgan fingerprint density at radius 1 is 1.21 bits per heavy atom. The first-order chi connectivity index (χ1) is 16.4. The molecule has 1 atom stereocenters. The smallest absolute Gasteiger partial charge is 0.260 e. The number of rotatable bonds is 7. The third kappa shape index (κ3) is 5.43. The predicted molar refractivity (Wildman–Crippen MR) is 140 cm³/mol. The average Bonchev–Trinajstić information content (AvgIpc) is 3.50. The summed E-state index contributed by atoms with van der Waals surface area (Å²) in [4.78, 5) is 33.1. The fourth-order valence-electron chi connectivity index (χ4n) is 3.64. The van der Waals surface area contributed by atoms with E-state index in [2.05, 4.69) is 5.38 Å². The van der Waals surface area contributed by atoms with Crippen molar-refractivity contribution in [2.45, 2.75) is 6.92 Å². The van der Waals surface area contributed by atoms with E-state index < -0.39 is 0 Å². The SMILES string of the molecule is CS[s+]1cc(-c2nc(-c3cccc(OCC(=O)N4CCN(C(C)=O)CC4)c3)cs2)cc1C(=N)N. The highest BCUT2D eigenvalue weighted by molar-refractivity contribution is 8.45. The van der Waals surface area contributed by atoms with Gasteiger partial charge in [-0.15, -0.1) is 11.3 Å². The van der Waals surface area contributed by atoms with Crippen LogP contribution in [-0.4, -0.2) is 71.5 Å². The first kappa shape index (κ1) is 24.2. The molecule has 0 bridgehead atoms. The van der Waals surface area contributed by atoms with Crippen molar-refractivity contribution in [2.24, 2.45) is 5.73 Å². The number of carbonyl (C=O) groups is 2. The molecule has 1 fully saturated rings. The number of nitrogen functional groups attached to an aromatic ring is 1. The van der Waals surface area contributed by atoms with Gasteiger partial charge < -0.3 is 20.3 Å². The number of carbonyl (C=O) groups excluding carboxylic acids is 2. The minimum Gasteiger partial charge on any atom is -0.484 e. The minimum absolute atomic E-state index is 0.0365. The monoisotopic (exact) mass is 516 g/mol. The van der Waals surface area contributed by atoms with Crippen LogP contribution in [0.5, 0.6) is 5.75 Å². The second-order valence-corrected chi connectivity index (χ2v) is 12.2. The first-order valence-corrected chi connectivity index (χ1v) is 14.5. The lowest BCUT2D eigenvalue weighted by Gasteiger charge is -2.34. The number of aromatic nitrogens is 1. The molecule has 11 heteroatoms. The molecular weight excluding hydrogens is 490 g/mol. The number of ether oxygens (including phenoxy) is 1. The van der Waals surface area contributed by atoms with Crippen LogP contribution in [-0.2, 0) is 9.59 Å². The second kappa shape index (κ2) is 10.6. The molecule has 1 aromatic carbocycles. The molecule has 34 heavy (non-hydrogen) atoms. The van der Waals surface area contributed by atoms with Crippen molar-refractivity contribution in [3.05, 3.63) is 46.0 Å². The maximum absolute atomic E-state index is 12.5. The van der Waals surface area contributed by atoms with Gasteiger partial charge in [0.2, 0.25) is 10.8 Å². The highest BCUT2D eigenvalue weighted by Gasteiger charge is 2.24. The number of piperazine rings is 1. The zero-order valence-electron chi connectivity index (χ0n) is 18.9. The molecule has 0 aliphatic carbocycles. The molecule has 3 N–H and O–H groups in total. The second-order valence-electron chi connectivity index (χ2n) is 7.70. The summed E-state index contributed by atoms with van der Waals surface area (Å²) in [6.07, 6.45) is 2.01. The third-order valence-corrected chi connectivity index (χ3v) is 9.90. The number of thiazole rings is 1. The molecule has 0 saturated carbocycles. The Hall–Kier alpha value is -2.89. The fourth-order valence-corrected chi connectivity index (χ4v) is 7.36. The number of nitrogens with zero attached hydrogens (tertiary/aromatic N) is 3. The van der Waals surface area contributed by atoms with Gasteiger partial charge in [-0.25, -0.2) is 4.98 Å². The number of thiophene rings is 1. The molecule has 178 valence electrons. The van der Waals surface area contributed by atoms with Crippen LogP contribution < -0.4 is 10.5 Å². The predicted octanol–water partition coefficient (Wildman–Crippen LogP) is 3.71. The largest absolute Gasteiger partial charge is 0.484 e. The molecule has 2 aromatic heterocycles. The third-order valence-electron chi connectivity index (χ3n) is 5.50. The highest BCUT2D eigenvalue weighted by atomic mass is 33.1. The number of amides is 2. The minimum atomic E-state index is -0.228. The van der Waals surface area contributed by atoms with Gasteiger partial charge in [0.05, 0.1) is 20.8 Å². The summed E-state index contributed by atoms with van der Waals surface area (Å²) in [6, 6.07) is 9.50. The summed E-state index contributed by atoms with van der Waals surface area (Å²) < 4.78 is 5.78. The van der Waals surface area contributed by atoms with E-state index in [-0.39, 0.29) is 33.8 Å². The Balaban J connectivity index is 1.41. The summed E-state index contributed by atoms with van der Waals surface area (Å²) in [5, 5.41) is 12.8. The molecule has 0 spiro atoms. The lowest BCUT2D eigenvalue weighted by molar-refractivity contribution is -0.139. The van der Waals surface area contributed by atoms with E-state index >= 15 is 0 Å². The maximum atomic E-state index is 12.5. The van der Waals surface area contributed by atoms with Crippen LogP contribution in [0.15, 0.2) is 41.1 Å². The Labute approximate surface area is 208 Å². The first-order valence-electron chi connectivity index (χ1n) is 10.6. The summed E-state index contributed by atoms with van der Waals surface area (Å²) in [5.41, 5.74) is 8.45. The van der Waals surface area contributed by atoms with Crippen LogP contribution in [0.4, 0.5) is 0 Å². The zero-order chi connectivity index (χ0) is 24.2. The normalized spacial score (nSPS) is 14.2. The molecule has 3 heterocycles. The Morgan fingerprint density at radius 2 is 1.94 bits per heavy atom. The molecule has 4 rings (SSSR count). The summed E-state index contributed by atoms with van der Waals surface area (Å²) in [7, 11) is 1.44. The van der Waals surface area contributed by atoms with Crippen molar-refractivity contribution < 1.29 is 14.3 Å². The Morgan fingerprint density at radius 3 is 2.59 bits per heavy atom. The highest BCUT2D eigenvalue weighted by Crippen LogP contribution is 2.42. The van der Waals surface area contributed by atoms with Gasteiger partial charge in [-0.05, 0) is 12.1 Å². The summed E-state index contributed by atoms with van der Waals surface area (Å²) in [5.74, 6) is 0.649. The number of hydrogen-bond donors (Lipinski definition) is 2. The van der Waals surface area contributed by atoms with E-state index in [4.69, 9.17) is 20.9 Å². The number of nitrogens with two attached hydrogens (primary N) is 1. The molecule has 1 saturated heterocycles. The van der Waals surface area contributed by atoms with Crippen molar-refractivity contribution in [3.63, 3.8) is 0 Å². The van der Waals surface area contributed by atoms with E-state index in [1.165, 1.54) is 0 Å². The van der Waals surface area contributed by atoms with E-state index in [1.807, 2.05) is 42.0 Å². The fraction of sp³-hybridized carbons (Fsp3) is 0.304. The average molecular weight is 517 g/mol. The van der Waals surface area contributed by atoms with Crippen LogP contribution in [0.3, 0.4) is 0 Å². The lowest BCUT2D eigenvalue weighted by Crippen LogP contribution is -2.51. The molecule has 8 nitrogen and oxygen atoms in total. The van der Waals surface area contributed by atoms with E-state index in [9.17, 15) is 9.59 Å². The van der Waals surface area contributed by atoms with E-state index in [0.29, 0.717) is 31.9 Å². The van der Waals surface area contributed by atoms with Gasteiger partial charge in [0.25, 0.3) is 5.91 Å². The van der Waals surface area contributed by atoms with Gasteiger partial charge in [-0.2, -0.15) is 0 Å². The summed E-state index contributed by atoms with van der Waals surface area (Å²) in [6.45, 7) is 3.66. The number of hydrogen-bond acceptors (Lipinski definition) is 7. The van der Waals surface area contributed by atoms with Gasteiger partial charge in [0.1, 0.15) is 21.6 Å². The molecule has 1 unspecified atom stereocenters. The van der Waals surface area contributed by atoms with E-state index in [0.717, 1.165) is 26.7 Å². The standard InChI is InChI=1S/C23H26N5O3S3/c1-15(29)27-6-8-28(9-7-27)21(30)12-31-18-5-3-4-16(10-18)19-13-33-23(26-19)17-11-20(22(24)25)34(14-17)32-2/h3-5,10-11,13-14H,6-9,12H2,1-2H3,(H3,24,25)/q+1. The Bertz CT molecular complexity index is 1210. The molecular formula is C23H26N5O3S3+. The van der Waals surface area contributed by atoms with E-state index in [1.54, 1.807) is 38.9 Å². The zero-order valence-corrected chi connectivity index (χ0v) is 21.4. The quantitative estimate of drug-likeness (QED) is 0.214. The van der Waals surface area contributed by atoms with Crippen molar-refractivity contribution in [1.82, 2.24) is 14.8 Å². The Kier molecular flexibility index (Phi) is 7.54. The topological polar surface area (TPSA) is 113 Å². The van der Waals surface area contributed by atoms with Crippen molar-refractivity contribution in [3.8, 4) is 27.6 Å². The molecule has 0 radical (unpaired) electrons. The number of benzene rings is 1. The van der Waals surface area contributed by atoms with Gasteiger partial charge >= 0.3 is 0 Å². The van der Waals surface area contributed by atoms with Crippen LogP contribution in [0.2, 0.25) is 0 Å².